The van der Waals surface area contributed by atoms with Gasteiger partial charge in [-0.15, -0.1) is 10.2 Å². The molecule has 0 aliphatic carbocycles. The topological polar surface area (TPSA) is 76.1 Å². The molecule has 1 aromatic rings. The van der Waals surface area contributed by atoms with Crippen LogP contribution in [0.15, 0.2) is 12.1 Å². The Bertz CT molecular complexity index is 429. The minimum Gasteiger partial charge on any atom is -0.381 e. The van der Waals surface area contributed by atoms with Gasteiger partial charge in [-0.3, -0.25) is 4.79 Å². The van der Waals surface area contributed by atoms with E-state index in [1.165, 1.54) is 0 Å². The molecule has 1 atom stereocenters. The molecule has 0 bridgehead atoms. The summed E-state index contributed by atoms with van der Waals surface area (Å²) < 4.78 is 5.33. The average Bonchev–Trinajstić information content (AvgIpc) is 2.49. The molecular weight excluding hydrogens is 256 g/mol. The second-order valence-electron chi connectivity index (χ2n) is 5.05. The van der Waals surface area contributed by atoms with Crippen molar-refractivity contribution in [3.8, 4) is 0 Å². The standard InChI is InChI=1S/C14H22N4O2/c1-3-15-13-5-4-12(17-18-13)14(19)16-10(2)11-6-8-20-9-7-11/h4-5,10-11H,3,6-9H2,1-2H3,(H,15,18)(H,16,19). The smallest absolute Gasteiger partial charge is 0.272 e. The fourth-order valence-corrected chi connectivity index (χ4v) is 2.34. The van der Waals surface area contributed by atoms with Crippen molar-refractivity contribution >= 4 is 11.7 Å². The Kier molecular flexibility index (Phi) is 5.29. The normalized spacial score (nSPS) is 17.5. The largest absolute Gasteiger partial charge is 0.381 e. The van der Waals surface area contributed by atoms with E-state index in [0.29, 0.717) is 17.4 Å². The van der Waals surface area contributed by atoms with Crippen LogP contribution in [0.2, 0.25) is 0 Å². The number of carbonyl (C=O) groups is 1. The van der Waals surface area contributed by atoms with Gasteiger partial charge in [-0.25, -0.2) is 0 Å². The first-order chi connectivity index (χ1) is 9.70. The molecule has 1 aliphatic rings. The van der Waals surface area contributed by atoms with E-state index in [1.807, 2.05) is 13.8 Å². The summed E-state index contributed by atoms with van der Waals surface area (Å²) in [7, 11) is 0. The van der Waals surface area contributed by atoms with Gasteiger partial charge in [-0.1, -0.05) is 0 Å². The predicted octanol–water partition coefficient (Wildman–Crippen LogP) is 1.45. The van der Waals surface area contributed by atoms with E-state index in [9.17, 15) is 4.79 Å². The number of carbonyl (C=O) groups excluding carboxylic acids is 1. The monoisotopic (exact) mass is 278 g/mol. The number of nitrogens with zero attached hydrogens (tertiary/aromatic N) is 2. The second-order valence-corrected chi connectivity index (χ2v) is 5.05. The van der Waals surface area contributed by atoms with Crippen molar-refractivity contribution in [2.24, 2.45) is 5.92 Å². The number of amides is 1. The molecule has 1 amide bonds. The third-order valence-corrected chi connectivity index (χ3v) is 3.59. The lowest BCUT2D eigenvalue weighted by atomic mass is 9.93. The number of aromatic nitrogens is 2. The van der Waals surface area contributed by atoms with Crippen molar-refractivity contribution in [1.82, 2.24) is 15.5 Å². The molecule has 0 radical (unpaired) electrons. The maximum Gasteiger partial charge on any atom is 0.272 e. The van der Waals surface area contributed by atoms with E-state index in [4.69, 9.17) is 4.74 Å². The second kappa shape index (κ2) is 7.19. The maximum atomic E-state index is 12.1. The summed E-state index contributed by atoms with van der Waals surface area (Å²) >= 11 is 0. The molecule has 1 aliphatic heterocycles. The fraction of sp³-hybridized carbons (Fsp3) is 0.643. The third kappa shape index (κ3) is 3.90. The van der Waals surface area contributed by atoms with Crippen LogP contribution in [0.3, 0.4) is 0 Å². The summed E-state index contributed by atoms with van der Waals surface area (Å²) in [6, 6.07) is 3.59. The lowest BCUT2D eigenvalue weighted by molar-refractivity contribution is 0.0537. The van der Waals surface area contributed by atoms with E-state index in [0.717, 1.165) is 32.6 Å². The van der Waals surface area contributed by atoms with Gasteiger partial charge in [0, 0.05) is 25.8 Å². The molecule has 1 saturated heterocycles. The number of ether oxygens (including phenoxy) is 1. The molecule has 1 aromatic heterocycles. The highest BCUT2D eigenvalue weighted by Crippen LogP contribution is 2.18. The Morgan fingerprint density at radius 1 is 1.40 bits per heavy atom. The van der Waals surface area contributed by atoms with Gasteiger partial charge in [0.05, 0.1) is 0 Å². The van der Waals surface area contributed by atoms with E-state index < -0.39 is 0 Å². The van der Waals surface area contributed by atoms with Crippen molar-refractivity contribution < 1.29 is 9.53 Å². The summed E-state index contributed by atoms with van der Waals surface area (Å²) in [5, 5.41) is 14.0. The van der Waals surface area contributed by atoms with Crippen LogP contribution in [0, 0.1) is 5.92 Å². The van der Waals surface area contributed by atoms with E-state index in [1.54, 1.807) is 12.1 Å². The molecule has 110 valence electrons. The molecule has 0 saturated carbocycles. The molecule has 20 heavy (non-hydrogen) atoms. The highest BCUT2D eigenvalue weighted by Gasteiger charge is 2.22. The number of rotatable bonds is 5. The molecule has 2 N–H and O–H groups in total. The van der Waals surface area contributed by atoms with Crippen molar-refractivity contribution in [3.05, 3.63) is 17.8 Å². The quantitative estimate of drug-likeness (QED) is 0.852. The third-order valence-electron chi connectivity index (χ3n) is 3.59. The zero-order valence-corrected chi connectivity index (χ0v) is 12.1. The van der Waals surface area contributed by atoms with E-state index >= 15 is 0 Å². The first-order valence-corrected chi connectivity index (χ1v) is 7.17. The molecule has 1 unspecified atom stereocenters. The van der Waals surface area contributed by atoms with Crippen molar-refractivity contribution in [2.45, 2.75) is 32.7 Å². The van der Waals surface area contributed by atoms with Gasteiger partial charge in [-0.05, 0) is 44.7 Å². The Hall–Kier alpha value is -1.69. The van der Waals surface area contributed by atoms with Crippen LogP contribution < -0.4 is 10.6 Å². The van der Waals surface area contributed by atoms with Gasteiger partial charge in [0.2, 0.25) is 0 Å². The maximum absolute atomic E-state index is 12.1. The first kappa shape index (κ1) is 14.7. The first-order valence-electron chi connectivity index (χ1n) is 7.17. The summed E-state index contributed by atoms with van der Waals surface area (Å²) in [4.78, 5) is 12.1. The highest BCUT2D eigenvalue weighted by molar-refractivity contribution is 5.92. The van der Waals surface area contributed by atoms with Crippen molar-refractivity contribution in [1.29, 1.82) is 0 Å². The van der Waals surface area contributed by atoms with Crippen LogP contribution in [0.5, 0.6) is 0 Å². The Morgan fingerprint density at radius 2 is 2.15 bits per heavy atom. The van der Waals surface area contributed by atoms with Crippen molar-refractivity contribution in [2.75, 3.05) is 25.1 Å². The summed E-state index contributed by atoms with van der Waals surface area (Å²) in [5.74, 6) is 0.989. The van der Waals surface area contributed by atoms with E-state index in [-0.39, 0.29) is 11.9 Å². The van der Waals surface area contributed by atoms with E-state index in [2.05, 4.69) is 20.8 Å². The minimum atomic E-state index is -0.167. The highest BCUT2D eigenvalue weighted by atomic mass is 16.5. The van der Waals surface area contributed by atoms with Gasteiger partial charge in [0.25, 0.3) is 5.91 Å². The molecule has 0 aromatic carbocycles. The fourth-order valence-electron chi connectivity index (χ4n) is 2.34. The Morgan fingerprint density at radius 3 is 2.75 bits per heavy atom. The average molecular weight is 278 g/mol. The summed E-state index contributed by atoms with van der Waals surface area (Å²) in [6.07, 6.45) is 1.99. The molecule has 2 rings (SSSR count). The van der Waals surface area contributed by atoms with Gasteiger partial charge >= 0.3 is 0 Å². The molecular formula is C14H22N4O2. The van der Waals surface area contributed by atoms with Crippen molar-refractivity contribution in [3.63, 3.8) is 0 Å². The van der Waals surface area contributed by atoms with Crippen LogP contribution in [-0.2, 0) is 4.74 Å². The summed E-state index contributed by atoms with van der Waals surface area (Å²) in [5.41, 5.74) is 0.352. The van der Waals surface area contributed by atoms with Crippen LogP contribution in [0.1, 0.15) is 37.2 Å². The molecule has 0 spiro atoms. The van der Waals surface area contributed by atoms with Crippen LogP contribution in [-0.4, -0.2) is 41.9 Å². The number of anilines is 1. The minimum absolute atomic E-state index is 0.127. The number of hydrogen-bond acceptors (Lipinski definition) is 5. The molecule has 2 heterocycles. The molecule has 1 fully saturated rings. The van der Waals surface area contributed by atoms with Crippen LogP contribution in [0.4, 0.5) is 5.82 Å². The lowest BCUT2D eigenvalue weighted by Gasteiger charge is -2.28. The SMILES string of the molecule is CCNc1ccc(C(=O)NC(C)C2CCOCC2)nn1. The lowest BCUT2D eigenvalue weighted by Crippen LogP contribution is -2.40. The van der Waals surface area contributed by atoms with Gasteiger partial charge in [0.1, 0.15) is 5.82 Å². The predicted molar refractivity (Wildman–Crippen MR) is 76.7 cm³/mol. The summed E-state index contributed by atoms with van der Waals surface area (Å²) in [6.45, 7) is 6.36. The van der Waals surface area contributed by atoms with Gasteiger partial charge in [-0.2, -0.15) is 0 Å². The van der Waals surface area contributed by atoms with Gasteiger partial charge in [0.15, 0.2) is 5.69 Å². The zero-order valence-electron chi connectivity index (χ0n) is 12.1. The Balaban J connectivity index is 1.89. The van der Waals surface area contributed by atoms with Gasteiger partial charge < -0.3 is 15.4 Å². The van der Waals surface area contributed by atoms with Crippen LogP contribution in [0.25, 0.3) is 0 Å². The number of nitrogens with one attached hydrogen (secondary N) is 2. The zero-order chi connectivity index (χ0) is 14.4. The molecule has 6 nitrogen and oxygen atoms in total. The Labute approximate surface area is 119 Å². The number of hydrogen-bond donors (Lipinski definition) is 2. The van der Waals surface area contributed by atoms with Crippen LogP contribution >= 0.6 is 0 Å². The molecule has 6 heteroatoms.